The Morgan fingerprint density at radius 3 is 2.44 bits per heavy atom. The number of carboxylic acid groups (broad SMARTS) is 1. The summed E-state index contributed by atoms with van der Waals surface area (Å²) in [5.41, 5.74) is 5.66. The first-order valence-corrected chi connectivity index (χ1v) is 13.7. The van der Waals surface area contributed by atoms with Crippen molar-refractivity contribution in [3.05, 3.63) is 89.1 Å². The monoisotopic (exact) mass is 542 g/mol. The molecule has 2 heterocycles. The number of benzene rings is 3. The number of unbranched alkanes of at least 4 members (excludes halogenated alkanes) is 1. The SMILES string of the molecule is C[C@H]1CN(c2ccc(Cl)cc2)CCN1C(=O)c1ccc2nc(-c3ccccc3)c(CCCCC(=O)O)nc2c1. The largest absolute Gasteiger partial charge is 0.481 e. The first kappa shape index (κ1) is 26.6. The van der Waals surface area contributed by atoms with E-state index >= 15 is 0 Å². The zero-order valence-corrected chi connectivity index (χ0v) is 22.6. The number of hydrogen-bond acceptors (Lipinski definition) is 5. The molecule has 1 atom stereocenters. The van der Waals surface area contributed by atoms with E-state index in [1.165, 1.54) is 0 Å². The molecule has 0 saturated carbocycles. The summed E-state index contributed by atoms with van der Waals surface area (Å²) < 4.78 is 0. The van der Waals surface area contributed by atoms with E-state index in [2.05, 4.69) is 11.8 Å². The minimum atomic E-state index is -0.797. The van der Waals surface area contributed by atoms with Gasteiger partial charge < -0.3 is 14.9 Å². The highest BCUT2D eigenvalue weighted by Crippen LogP contribution is 2.27. The van der Waals surface area contributed by atoms with Gasteiger partial charge in [0.05, 0.1) is 22.4 Å². The fourth-order valence-electron chi connectivity index (χ4n) is 5.11. The van der Waals surface area contributed by atoms with Crippen LogP contribution in [0.2, 0.25) is 5.02 Å². The van der Waals surface area contributed by atoms with Crippen molar-refractivity contribution in [3.8, 4) is 11.3 Å². The third-order valence-corrected chi connectivity index (χ3v) is 7.42. The van der Waals surface area contributed by atoms with E-state index in [0.717, 1.165) is 41.2 Å². The van der Waals surface area contributed by atoms with E-state index in [4.69, 9.17) is 26.7 Å². The lowest BCUT2D eigenvalue weighted by Gasteiger charge is -2.41. The highest BCUT2D eigenvalue weighted by atomic mass is 35.5. The van der Waals surface area contributed by atoms with Crippen molar-refractivity contribution in [2.75, 3.05) is 24.5 Å². The Bertz CT molecular complexity index is 1480. The molecule has 5 rings (SSSR count). The lowest BCUT2D eigenvalue weighted by atomic mass is 10.0. The van der Waals surface area contributed by atoms with Gasteiger partial charge in [-0.05, 0) is 68.7 Å². The number of carbonyl (C=O) groups is 2. The number of aliphatic carboxylic acids is 1. The maximum atomic E-state index is 13.6. The van der Waals surface area contributed by atoms with Gasteiger partial charge in [0.2, 0.25) is 0 Å². The summed E-state index contributed by atoms with van der Waals surface area (Å²) in [4.78, 5) is 38.6. The first-order chi connectivity index (χ1) is 18.9. The van der Waals surface area contributed by atoms with Gasteiger partial charge in [-0.25, -0.2) is 9.97 Å². The van der Waals surface area contributed by atoms with Gasteiger partial charge >= 0.3 is 5.97 Å². The number of fused-ring (bicyclic) bond motifs is 1. The van der Waals surface area contributed by atoms with Gasteiger partial charge in [0.1, 0.15) is 0 Å². The minimum absolute atomic E-state index is 0.0166. The van der Waals surface area contributed by atoms with Crippen LogP contribution in [-0.4, -0.2) is 57.5 Å². The molecule has 8 heteroatoms. The first-order valence-electron chi connectivity index (χ1n) is 13.3. The van der Waals surface area contributed by atoms with Gasteiger partial charge in [0.15, 0.2) is 0 Å². The third kappa shape index (κ3) is 6.20. The maximum Gasteiger partial charge on any atom is 0.303 e. The van der Waals surface area contributed by atoms with E-state index in [9.17, 15) is 9.59 Å². The molecule has 200 valence electrons. The molecule has 1 saturated heterocycles. The Kier molecular flexibility index (Phi) is 8.07. The fraction of sp³-hybridized carbons (Fsp3) is 0.290. The van der Waals surface area contributed by atoms with E-state index in [1.807, 2.05) is 77.7 Å². The summed E-state index contributed by atoms with van der Waals surface area (Å²) in [5, 5.41) is 9.71. The number of halogens is 1. The zero-order chi connectivity index (χ0) is 27.4. The van der Waals surface area contributed by atoms with Crippen LogP contribution in [0.1, 0.15) is 42.2 Å². The lowest BCUT2D eigenvalue weighted by Crippen LogP contribution is -2.54. The van der Waals surface area contributed by atoms with Gasteiger partial charge in [0.25, 0.3) is 5.91 Å². The number of hydrogen-bond donors (Lipinski definition) is 1. The second-order valence-corrected chi connectivity index (χ2v) is 10.4. The Morgan fingerprint density at radius 2 is 1.72 bits per heavy atom. The summed E-state index contributed by atoms with van der Waals surface area (Å²) in [6.45, 7) is 4.17. The molecule has 0 spiro atoms. The average Bonchev–Trinajstić information content (AvgIpc) is 2.95. The predicted molar refractivity (Wildman–Crippen MR) is 154 cm³/mol. The Balaban J connectivity index is 1.38. The van der Waals surface area contributed by atoms with Crippen molar-refractivity contribution in [2.45, 2.75) is 38.6 Å². The number of carbonyl (C=O) groups excluding carboxylic acids is 1. The zero-order valence-electron chi connectivity index (χ0n) is 21.9. The molecular formula is C31H31ClN4O3. The molecule has 1 aliphatic heterocycles. The van der Waals surface area contributed by atoms with Crippen LogP contribution in [0.15, 0.2) is 72.8 Å². The Morgan fingerprint density at radius 1 is 0.949 bits per heavy atom. The number of aromatic nitrogens is 2. The molecule has 1 fully saturated rings. The van der Waals surface area contributed by atoms with E-state index in [-0.39, 0.29) is 18.4 Å². The van der Waals surface area contributed by atoms with E-state index < -0.39 is 5.97 Å². The van der Waals surface area contributed by atoms with Gasteiger partial charge in [-0.1, -0.05) is 41.9 Å². The van der Waals surface area contributed by atoms with Crippen molar-refractivity contribution in [3.63, 3.8) is 0 Å². The van der Waals surface area contributed by atoms with Crippen molar-refractivity contribution in [1.29, 1.82) is 0 Å². The second kappa shape index (κ2) is 11.8. The normalized spacial score (nSPS) is 15.5. The summed E-state index contributed by atoms with van der Waals surface area (Å²) >= 11 is 6.04. The quantitative estimate of drug-likeness (QED) is 0.271. The van der Waals surface area contributed by atoms with Crippen LogP contribution >= 0.6 is 11.6 Å². The number of piperazine rings is 1. The Labute approximate surface area is 233 Å². The molecule has 0 aliphatic carbocycles. The van der Waals surface area contributed by atoms with Crippen LogP contribution in [0.25, 0.3) is 22.3 Å². The van der Waals surface area contributed by atoms with Crippen LogP contribution < -0.4 is 4.90 Å². The number of carboxylic acids is 1. The van der Waals surface area contributed by atoms with E-state index in [0.29, 0.717) is 41.9 Å². The molecule has 0 unspecified atom stereocenters. The van der Waals surface area contributed by atoms with Crippen LogP contribution in [0, 0.1) is 0 Å². The lowest BCUT2D eigenvalue weighted by molar-refractivity contribution is -0.137. The number of aryl methyl sites for hydroxylation is 1. The maximum absolute atomic E-state index is 13.6. The summed E-state index contributed by atoms with van der Waals surface area (Å²) in [7, 11) is 0. The molecule has 1 amide bonds. The standard InChI is InChI=1S/C31H31ClN4O3/c1-21-20-35(25-14-12-24(32)13-15-25)17-18-36(21)31(39)23-11-16-26-28(19-23)33-27(9-5-6-10-29(37)38)30(34-26)22-7-3-2-4-8-22/h2-4,7-8,11-16,19,21H,5-6,9-10,17-18,20H2,1H3,(H,37,38)/t21-/m0/s1. The van der Waals surface area contributed by atoms with E-state index in [1.54, 1.807) is 0 Å². The highest BCUT2D eigenvalue weighted by molar-refractivity contribution is 6.30. The molecule has 0 bridgehead atoms. The number of rotatable bonds is 8. The molecule has 3 aromatic carbocycles. The van der Waals surface area contributed by atoms with Crippen LogP contribution in [0.4, 0.5) is 5.69 Å². The topological polar surface area (TPSA) is 86.6 Å². The molecule has 1 N–H and O–H groups in total. The molecule has 7 nitrogen and oxygen atoms in total. The second-order valence-electron chi connectivity index (χ2n) is 9.96. The van der Waals surface area contributed by atoms with Crippen molar-refractivity contribution in [2.24, 2.45) is 0 Å². The van der Waals surface area contributed by atoms with Crippen LogP contribution in [-0.2, 0) is 11.2 Å². The molecule has 1 aromatic heterocycles. The van der Waals surface area contributed by atoms with Crippen LogP contribution in [0.5, 0.6) is 0 Å². The third-order valence-electron chi connectivity index (χ3n) is 7.16. The van der Waals surface area contributed by atoms with Crippen molar-refractivity contribution in [1.82, 2.24) is 14.9 Å². The van der Waals surface area contributed by atoms with Crippen molar-refractivity contribution < 1.29 is 14.7 Å². The smallest absolute Gasteiger partial charge is 0.303 e. The van der Waals surface area contributed by atoms with Gasteiger partial charge in [-0.3, -0.25) is 9.59 Å². The van der Waals surface area contributed by atoms with Crippen molar-refractivity contribution >= 4 is 40.2 Å². The predicted octanol–water partition coefficient (Wildman–Crippen LogP) is 6.10. The molecule has 4 aromatic rings. The van der Waals surface area contributed by atoms with Gasteiger partial charge in [-0.15, -0.1) is 0 Å². The molecule has 1 aliphatic rings. The number of nitrogens with zero attached hydrogens (tertiary/aromatic N) is 4. The molecule has 39 heavy (non-hydrogen) atoms. The summed E-state index contributed by atoms with van der Waals surface area (Å²) in [6.07, 6.45) is 2.01. The van der Waals surface area contributed by atoms with Gasteiger partial charge in [-0.2, -0.15) is 0 Å². The minimum Gasteiger partial charge on any atom is -0.481 e. The summed E-state index contributed by atoms with van der Waals surface area (Å²) in [5.74, 6) is -0.814. The summed E-state index contributed by atoms with van der Waals surface area (Å²) in [6, 6.07) is 23.2. The van der Waals surface area contributed by atoms with Crippen LogP contribution in [0.3, 0.4) is 0 Å². The average molecular weight is 543 g/mol. The number of amides is 1. The molecule has 0 radical (unpaired) electrons. The number of anilines is 1. The van der Waals surface area contributed by atoms with Gasteiger partial charge in [0, 0.05) is 53.9 Å². The molecular weight excluding hydrogens is 512 g/mol. The highest BCUT2D eigenvalue weighted by Gasteiger charge is 2.28. The fourth-order valence-corrected chi connectivity index (χ4v) is 5.23. The Hall–Kier alpha value is -3.97.